The zero-order chi connectivity index (χ0) is 15.6. The molecule has 2 rings (SSSR count). The molecule has 0 aliphatic rings. The minimum Gasteiger partial charge on any atom is -0.478 e. The average Bonchev–Trinajstić information content (AvgIpc) is 2.37. The van der Waals surface area contributed by atoms with Crippen molar-refractivity contribution in [3.63, 3.8) is 0 Å². The Bertz CT molecular complexity index is 736. The Labute approximate surface area is 126 Å². The third-order valence-corrected chi connectivity index (χ3v) is 3.11. The number of nitro benzene ring substituents is 1. The van der Waals surface area contributed by atoms with Gasteiger partial charge in [-0.3, -0.25) is 10.1 Å². The van der Waals surface area contributed by atoms with Crippen molar-refractivity contribution in [2.24, 2.45) is 0 Å². The molecule has 108 valence electrons. The van der Waals surface area contributed by atoms with Gasteiger partial charge in [-0.1, -0.05) is 22.0 Å². The highest BCUT2D eigenvalue weighted by Crippen LogP contribution is 2.31. The van der Waals surface area contributed by atoms with E-state index in [9.17, 15) is 19.3 Å². The van der Waals surface area contributed by atoms with Crippen LogP contribution in [0.15, 0.2) is 40.9 Å². The summed E-state index contributed by atoms with van der Waals surface area (Å²) < 4.78 is 14.4. The van der Waals surface area contributed by atoms with Gasteiger partial charge < -0.3 is 10.4 Å². The molecular weight excluding hydrogens is 347 g/mol. The molecule has 8 heteroatoms. The molecule has 2 N–H and O–H groups in total. The van der Waals surface area contributed by atoms with Crippen LogP contribution in [0.5, 0.6) is 0 Å². The van der Waals surface area contributed by atoms with Gasteiger partial charge in [0.25, 0.3) is 5.69 Å². The number of carboxylic acid groups (broad SMARTS) is 1. The van der Waals surface area contributed by atoms with E-state index in [1.165, 1.54) is 0 Å². The molecule has 0 aliphatic heterocycles. The van der Waals surface area contributed by atoms with Gasteiger partial charge in [-0.25, -0.2) is 9.18 Å². The summed E-state index contributed by atoms with van der Waals surface area (Å²) in [4.78, 5) is 21.1. The fourth-order valence-corrected chi connectivity index (χ4v) is 2.10. The molecule has 0 spiro atoms. The van der Waals surface area contributed by atoms with E-state index < -0.39 is 28.0 Å². The molecule has 0 unspecified atom stereocenters. The molecule has 6 nitrogen and oxygen atoms in total. The standard InChI is InChI=1S/C13H8BrFN2O4/c14-7-2-1-3-8(4-7)16-11-6-10(15)9(13(18)19)5-12(11)17(20)21/h1-6,16H,(H,18,19). The molecule has 2 aromatic carbocycles. The van der Waals surface area contributed by atoms with Crippen molar-refractivity contribution in [2.45, 2.75) is 0 Å². The fourth-order valence-electron chi connectivity index (χ4n) is 1.70. The number of anilines is 2. The van der Waals surface area contributed by atoms with Gasteiger partial charge in [0, 0.05) is 22.3 Å². The Balaban J connectivity index is 2.50. The summed E-state index contributed by atoms with van der Waals surface area (Å²) in [6.07, 6.45) is 0. The highest BCUT2D eigenvalue weighted by atomic mass is 79.9. The Morgan fingerprint density at radius 3 is 2.62 bits per heavy atom. The average molecular weight is 355 g/mol. The molecule has 0 bridgehead atoms. The predicted octanol–water partition coefficient (Wildman–Crippen LogP) is 3.94. The Kier molecular flexibility index (Phi) is 4.18. The minimum absolute atomic E-state index is 0.124. The van der Waals surface area contributed by atoms with Crippen LogP contribution < -0.4 is 5.32 Å². The van der Waals surface area contributed by atoms with E-state index in [1.807, 2.05) is 0 Å². The Morgan fingerprint density at radius 2 is 2.05 bits per heavy atom. The fraction of sp³-hybridized carbons (Fsp3) is 0. The smallest absolute Gasteiger partial charge is 0.338 e. The maximum absolute atomic E-state index is 13.7. The summed E-state index contributed by atoms with van der Waals surface area (Å²) in [5, 5.41) is 22.5. The molecule has 0 amide bonds. The molecule has 0 heterocycles. The summed E-state index contributed by atoms with van der Waals surface area (Å²) in [5.74, 6) is -2.62. The first-order valence-corrected chi connectivity index (χ1v) is 6.41. The van der Waals surface area contributed by atoms with Gasteiger partial charge in [0.05, 0.1) is 4.92 Å². The molecule has 0 aromatic heterocycles. The van der Waals surface area contributed by atoms with Crippen molar-refractivity contribution in [1.29, 1.82) is 0 Å². The highest BCUT2D eigenvalue weighted by molar-refractivity contribution is 9.10. The van der Waals surface area contributed by atoms with E-state index in [1.54, 1.807) is 24.3 Å². The van der Waals surface area contributed by atoms with Gasteiger partial charge in [0.15, 0.2) is 0 Å². The largest absolute Gasteiger partial charge is 0.478 e. The quantitative estimate of drug-likeness (QED) is 0.640. The van der Waals surface area contributed by atoms with Crippen LogP contribution in [0.25, 0.3) is 0 Å². The molecule has 2 aromatic rings. The van der Waals surface area contributed by atoms with E-state index in [0.717, 1.165) is 10.5 Å². The number of carboxylic acids is 1. The lowest BCUT2D eigenvalue weighted by atomic mass is 10.1. The van der Waals surface area contributed by atoms with Crippen LogP contribution in [0.1, 0.15) is 10.4 Å². The zero-order valence-corrected chi connectivity index (χ0v) is 11.9. The number of aromatic carboxylic acids is 1. The van der Waals surface area contributed by atoms with Crippen molar-refractivity contribution in [3.8, 4) is 0 Å². The maximum atomic E-state index is 13.7. The zero-order valence-electron chi connectivity index (χ0n) is 10.3. The third-order valence-electron chi connectivity index (χ3n) is 2.62. The van der Waals surface area contributed by atoms with E-state index in [4.69, 9.17) is 5.11 Å². The van der Waals surface area contributed by atoms with Crippen molar-refractivity contribution >= 4 is 39.0 Å². The monoisotopic (exact) mass is 354 g/mol. The molecule has 0 atom stereocenters. The highest BCUT2D eigenvalue weighted by Gasteiger charge is 2.22. The van der Waals surface area contributed by atoms with Gasteiger partial charge >= 0.3 is 5.97 Å². The van der Waals surface area contributed by atoms with Crippen molar-refractivity contribution < 1.29 is 19.2 Å². The summed E-state index contributed by atoms with van der Waals surface area (Å²) in [6.45, 7) is 0. The second kappa shape index (κ2) is 5.88. The summed E-state index contributed by atoms with van der Waals surface area (Å²) in [7, 11) is 0. The SMILES string of the molecule is O=C(O)c1cc([N+](=O)[O-])c(Nc2cccc(Br)c2)cc1F. The molecule has 0 saturated heterocycles. The number of nitrogens with zero attached hydrogens (tertiary/aromatic N) is 1. The van der Waals surface area contributed by atoms with Crippen LogP contribution in [-0.2, 0) is 0 Å². The first-order chi connectivity index (χ1) is 9.88. The van der Waals surface area contributed by atoms with Gasteiger partial charge in [0.1, 0.15) is 17.1 Å². The first-order valence-electron chi connectivity index (χ1n) is 5.62. The lowest BCUT2D eigenvalue weighted by molar-refractivity contribution is -0.384. The maximum Gasteiger partial charge on any atom is 0.338 e. The van der Waals surface area contributed by atoms with E-state index >= 15 is 0 Å². The van der Waals surface area contributed by atoms with Crippen LogP contribution in [-0.4, -0.2) is 16.0 Å². The molecule has 0 radical (unpaired) electrons. The Morgan fingerprint density at radius 1 is 1.33 bits per heavy atom. The van der Waals surface area contributed by atoms with Crippen LogP contribution in [0.3, 0.4) is 0 Å². The molecule has 0 fully saturated rings. The number of benzene rings is 2. The lowest BCUT2D eigenvalue weighted by Crippen LogP contribution is -2.05. The first kappa shape index (κ1) is 14.9. The van der Waals surface area contributed by atoms with Gasteiger partial charge in [-0.2, -0.15) is 0 Å². The number of rotatable bonds is 4. The second-order valence-electron chi connectivity index (χ2n) is 4.05. The third kappa shape index (κ3) is 3.34. The van der Waals surface area contributed by atoms with E-state index in [0.29, 0.717) is 11.8 Å². The van der Waals surface area contributed by atoms with Crippen LogP contribution >= 0.6 is 15.9 Å². The lowest BCUT2D eigenvalue weighted by Gasteiger charge is -2.09. The number of carbonyl (C=O) groups is 1. The van der Waals surface area contributed by atoms with Crippen LogP contribution in [0.2, 0.25) is 0 Å². The van der Waals surface area contributed by atoms with Gasteiger partial charge in [-0.05, 0) is 18.2 Å². The Hall–Kier alpha value is -2.48. The summed E-state index contributed by atoms with van der Waals surface area (Å²) >= 11 is 3.24. The molecule has 21 heavy (non-hydrogen) atoms. The minimum atomic E-state index is -1.57. The van der Waals surface area contributed by atoms with Gasteiger partial charge in [-0.15, -0.1) is 0 Å². The second-order valence-corrected chi connectivity index (χ2v) is 4.96. The van der Waals surface area contributed by atoms with Gasteiger partial charge in [0.2, 0.25) is 0 Å². The summed E-state index contributed by atoms with van der Waals surface area (Å²) in [5.41, 5.74) is -0.897. The summed E-state index contributed by atoms with van der Waals surface area (Å²) in [6, 6.07) is 8.22. The molecule has 0 aliphatic carbocycles. The van der Waals surface area contributed by atoms with Crippen molar-refractivity contribution in [2.75, 3.05) is 5.32 Å². The van der Waals surface area contributed by atoms with Crippen molar-refractivity contribution in [1.82, 2.24) is 0 Å². The van der Waals surface area contributed by atoms with Crippen LogP contribution in [0, 0.1) is 15.9 Å². The number of hydrogen-bond acceptors (Lipinski definition) is 4. The number of nitro groups is 1. The topological polar surface area (TPSA) is 92.5 Å². The number of hydrogen-bond donors (Lipinski definition) is 2. The van der Waals surface area contributed by atoms with E-state index in [-0.39, 0.29) is 5.69 Å². The number of halogens is 2. The molecular formula is C13H8BrFN2O4. The van der Waals surface area contributed by atoms with Crippen molar-refractivity contribution in [3.05, 3.63) is 62.4 Å². The normalized spacial score (nSPS) is 10.2. The molecule has 0 saturated carbocycles. The van der Waals surface area contributed by atoms with Crippen LogP contribution in [0.4, 0.5) is 21.5 Å². The number of nitrogens with one attached hydrogen (secondary N) is 1. The predicted molar refractivity (Wildman–Crippen MR) is 77.4 cm³/mol. The van der Waals surface area contributed by atoms with E-state index in [2.05, 4.69) is 21.2 Å².